The van der Waals surface area contributed by atoms with Crippen LogP contribution in [0.5, 0.6) is 0 Å². The van der Waals surface area contributed by atoms with Crippen LogP contribution in [0.4, 0.5) is 11.4 Å². The van der Waals surface area contributed by atoms with E-state index in [4.69, 9.17) is 29.0 Å². The first-order valence-corrected chi connectivity index (χ1v) is 10.9. The van der Waals surface area contributed by atoms with Crippen LogP contribution in [0.2, 0.25) is 0 Å². The van der Waals surface area contributed by atoms with Crippen molar-refractivity contribution in [3.05, 3.63) is 79.9 Å². The van der Waals surface area contributed by atoms with Gasteiger partial charge in [0, 0.05) is 35.3 Å². The highest BCUT2D eigenvalue weighted by molar-refractivity contribution is 7.79. The molecule has 2 aromatic rings. The highest BCUT2D eigenvalue weighted by Crippen LogP contribution is 2.16. The molecule has 12 nitrogen and oxygen atoms in total. The molecule has 13 heteroatoms. The number of nitrogens with zero attached hydrogens (tertiary/aromatic N) is 2. The zero-order valence-corrected chi connectivity index (χ0v) is 19.7. The van der Waals surface area contributed by atoms with Gasteiger partial charge >= 0.3 is 10.4 Å². The van der Waals surface area contributed by atoms with Crippen molar-refractivity contribution >= 4 is 21.8 Å². The van der Waals surface area contributed by atoms with Gasteiger partial charge in [-0.05, 0) is 51.7 Å². The Hall–Kier alpha value is -2.97. The molecule has 0 aromatic heterocycles. The van der Waals surface area contributed by atoms with E-state index in [1.807, 2.05) is 27.7 Å². The Morgan fingerprint density at radius 1 is 0.727 bits per heavy atom. The highest BCUT2D eigenvalue weighted by Gasteiger charge is 2.13. The quantitative estimate of drug-likeness (QED) is 0.266. The van der Waals surface area contributed by atoms with Crippen LogP contribution in [0.3, 0.4) is 0 Å². The molecule has 0 heterocycles. The van der Waals surface area contributed by atoms with Crippen LogP contribution in [0.15, 0.2) is 48.5 Å². The third-order valence-electron chi connectivity index (χ3n) is 3.61. The predicted molar refractivity (Wildman–Crippen MR) is 124 cm³/mol. The van der Waals surface area contributed by atoms with Crippen molar-refractivity contribution < 1.29 is 27.4 Å². The van der Waals surface area contributed by atoms with Crippen molar-refractivity contribution in [1.29, 1.82) is 0 Å². The summed E-state index contributed by atoms with van der Waals surface area (Å²) in [6.45, 7) is 7.70. The smallest absolute Gasteiger partial charge is 0.325 e. The van der Waals surface area contributed by atoms with Crippen molar-refractivity contribution in [2.45, 2.75) is 51.6 Å². The van der Waals surface area contributed by atoms with Gasteiger partial charge in [0.15, 0.2) is 0 Å². The molecule has 2 rings (SSSR count). The summed E-state index contributed by atoms with van der Waals surface area (Å²) in [6.07, 6.45) is 1.43. The van der Waals surface area contributed by atoms with E-state index < -0.39 is 20.2 Å². The first-order valence-electron chi connectivity index (χ1n) is 9.51. The van der Waals surface area contributed by atoms with Gasteiger partial charge in [0.1, 0.15) is 0 Å². The lowest BCUT2D eigenvalue weighted by Gasteiger charge is -2.17. The molecule has 0 saturated heterocycles. The molecule has 0 unspecified atom stereocenters. The summed E-state index contributed by atoms with van der Waals surface area (Å²) >= 11 is 0. The Balaban J connectivity index is 0.000000517. The molecule has 0 radical (unpaired) electrons. The van der Waals surface area contributed by atoms with Crippen molar-refractivity contribution in [1.82, 2.24) is 0 Å². The number of nitro benzene ring substituents is 2. The fourth-order valence-electron chi connectivity index (χ4n) is 2.52. The zero-order chi connectivity index (χ0) is 26.0. The van der Waals surface area contributed by atoms with E-state index in [1.54, 1.807) is 24.3 Å². The van der Waals surface area contributed by atoms with Crippen LogP contribution in [-0.2, 0) is 23.2 Å². The molecule has 6 N–H and O–H groups in total. The van der Waals surface area contributed by atoms with E-state index in [0.29, 0.717) is 12.8 Å². The zero-order valence-electron chi connectivity index (χ0n) is 18.8. The maximum Gasteiger partial charge on any atom is 0.394 e. The molecule has 0 fully saturated rings. The highest BCUT2D eigenvalue weighted by atomic mass is 32.3. The Morgan fingerprint density at radius 2 is 0.939 bits per heavy atom. The minimum atomic E-state index is -4.67. The molecule has 33 heavy (non-hydrogen) atoms. The Bertz CT molecular complexity index is 933. The van der Waals surface area contributed by atoms with Crippen LogP contribution in [-0.4, -0.2) is 38.4 Å². The lowest BCUT2D eigenvalue weighted by atomic mass is 9.96. The average Bonchev–Trinajstić information content (AvgIpc) is 2.59. The molecular formula is C20H30N4O8S. The number of nitro groups is 2. The van der Waals surface area contributed by atoms with Crippen molar-refractivity contribution in [2.24, 2.45) is 11.5 Å². The van der Waals surface area contributed by atoms with E-state index >= 15 is 0 Å². The monoisotopic (exact) mass is 486 g/mol. The maximum atomic E-state index is 10.4. The van der Waals surface area contributed by atoms with Gasteiger partial charge in [-0.25, -0.2) is 0 Å². The molecule has 0 aliphatic rings. The molecule has 184 valence electrons. The molecule has 0 bridgehead atoms. The molecule has 2 aromatic carbocycles. The SMILES string of the molecule is CC(C)(N)Cc1ccc([N+](=O)[O-])cc1.CC(C)(N)Cc1ccc([N+](=O)[O-])cc1.O=S(=O)(O)O. The van der Waals surface area contributed by atoms with Crippen molar-refractivity contribution in [3.63, 3.8) is 0 Å². The molecule has 0 aliphatic carbocycles. The van der Waals surface area contributed by atoms with Crippen LogP contribution in [0.25, 0.3) is 0 Å². The summed E-state index contributed by atoms with van der Waals surface area (Å²) in [5.74, 6) is 0. The second kappa shape index (κ2) is 12.3. The fraction of sp³-hybridized carbons (Fsp3) is 0.400. The third-order valence-corrected chi connectivity index (χ3v) is 3.61. The predicted octanol–water partition coefficient (Wildman–Crippen LogP) is 3.10. The average molecular weight is 487 g/mol. The van der Waals surface area contributed by atoms with Crippen molar-refractivity contribution in [2.75, 3.05) is 0 Å². The largest absolute Gasteiger partial charge is 0.394 e. The molecule has 0 aliphatic heterocycles. The van der Waals surface area contributed by atoms with Gasteiger partial charge in [-0.3, -0.25) is 29.3 Å². The lowest BCUT2D eigenvalue weighted by Crippen LogP contribution is -2.34. The minimum Gasteiger partial charge on any atom is -0.325 e. The minimum absolute atomic E-state index is 0.114. The number of non-ortho nitro benzene ring substituents is 2. The van der Waals surface area contributed by atoms with Gasteiger partial charge in [-0.1, -0.05) is 24.3 Å². The second-order valence-electron chi connectivity index (χ2n) is 8.63. The van der Waals surface area contributed by atoms with E-state index in [2.05, 4.69) is 0 Å². The summed E-state index contributed by atoms with van der Waals surface area (Å²) in [5.41, 5.74) is 13.4. The summed E-state index contributed by atoms with van der Waals surface area (Å²) in [4.78, 5) is 19.9. The van der Waals surface area contributed by atoms with Crippen LogP contribution in [0.1, 0.15) is 38.8 Å². The van der Waals surface area contributed by atoms with E-state index in [0.717, 1.165) is 11.1 Å². The van der Waals surface area contributed by atoms with Gasteiger partial charge < -0.3 is 11.5 Å². The third kappa shape index (κ3) is 17.3. The lowest BCUT2D eigenvalue weighted by molar-refractivity contribution is -0.385. The number of hydrogen-bond donors (Lipinski definition) is 4. The fourth-order valence-corrected chi connectivity index (χ4v) is 2.52. The number of benzene rings is 2. The van der Waals surface area contributed by atoms with Crippen molar-refractivity contribution in [3.8, 4) is 0 Å². The molecule has 0 amide bonds. The topological polar surface area (TPSA) is 213 Å². The van der Waals surface area contributed by atoms with Crippen LogP contribution < -0.4 is 11.5 Å². The second-order valence-corrected chi connectivity index (χ2v) is 9.52. The Labute approximate surface area is 192 Å². The first-order chi connectivity index (χ1) is 14.8. The standard InChI is InChI=1S/2C10H14N2O2.H2O4S/c2*1-10(2,11)7-8-3-5-9(6-4-8)12(13)14;1-5(2,3)4/h2*3-6H,7,11H2,1-2H3;(H2,1,2,3,4). The maximum absolute atomic E-state index is 10.4. The van der Waals surface area contributed by atoms with Gasteiger partial charge in [0.25, 0.3) is 11.4 Å². The Morgan fingerprint density at radius 3 is 1.09 bits per heavy atom. The summed E-state index contributed by atoms with van der Waals surface area (Å²) in [6, 6.07) is 13.0. The van der Waals surface area contributed by atoms with Crippen LogP contribution in [0, 0.1) is 20.2 Å². The Kier molecular flexibility index (Phi) is 11.2. The molecule has 0 spiro atoms. The summed E-state index contributed by atoms with van der Waals surface area (Å²) < 4.78 is 31.6. The number of hydrogen-bond acceptors (Lipinski definition) is 8. The van der Waals surface area contributed by atoms with E-state index in [9.17, 15) is 20.2 Å². The van der Waals surface area contributed by atoms with E-state index in [-0.39, 0.29) is 22.5 Å². The molecule has 0 atom stereocenters. The van der Waals surface area contributed by atoms with Crippen LogP contribution >= 0.6 is 0 Å². The first kappa shape index (κ1) is 30.0. The van der Waals surface area contributed by atoms with E-state index in [1.165, 1.54) is 24.3 Å². The number of rotatable bonds is 6. The normalized spacial score (nSPS) is 11.4. The van der Waals surface area contributed by atoms with Gasteiger partial charge in [-0.2, -0.15) is 8.42 Å². The van der Waals surface area contributed by atoms with Gasteiger partial charge in [0.05, 0.1) is 9.85 Å². The molecular weight excluding hydrogens is 456 g/mol. The van der Waals surface area contributed by atoms with Gasteiger partial charge in [0.2, 0.25) is 0 Å². The van der Waals surface area contributed by atoms with Gasteiger partial charge in [-0.15, -0.1) is 0 Å². The summed E-state index contributed by atoms with van der Waals surface area (Å²) in [5, 5.41) is 20.8. The summed E-state index contributed by atoms with van der Waals surface area (Å²) in [7, 11) is -4.67. The molecule has 0 saturated carbocycles. The number of nitrogens with two attached hydrogens (primary N) is 2.